The molecular formula is C27H30N4O2. The molecule has 0 aliphatic carbocycles. The maximum atomic E-state index is 12.8. The highest BCUT2D eigenvalue weighted by Gasteiger charge is 2.23. The lowest BCUT2D eigenvalue weighted by molar-refractivity contribution is 0.0746. The lowest BCUT2D eigenvalue weighted by Crippen LogP contribution is -2.48. The van der Waals surface area contributed by atoms with Gasteiger partial charge in [-0.1, -0.05) is 48.5 Å². The third-order valence-corrected chi connectivity index (χ3v) is 6.08. The first kappa shape index (κ1) is 22.4. The highest BCUT2D eigenvalue weighted by molar-refractivity contribution is 6.00. The fourth-order valence-electron chi connectivity index (χ4n) is 4.23. The van der Waals surface area contributed by atoms with E-state index in [2.05, 4.69) is 33.3 Å². The summed E-state index contributed by atoms with van der Waals surface area (Å²) in [5, 5.41) is 2.75. The van der Waals surface area contributed by atoms with Crippen LogP contribution in [0, 0.1) is 0 Å². The Morgan fingerprint density at radius 3 is 2.15 bits per heavy atom. The maximum absolute atomic E-state index is 12.8. The Morgan fingerprint density at radius 2 is 1.52 bits per heavy atom. The van der Waals surface area contributed by atoms with Crippen LogP contribution in [0.4, 0.5) is 11.4 Å². The number of nitrogens with one attached hydrogen (secondary N) is 1. The van der Waals surface area contributed by atoms with Gasteiger partial charge in [0, 0.05) is 58.1 Å². The van der Waals surface area contributed by atoms with Crippen LogP contribution in [0.5, 0.6) is 0 Å². The highest BCUT2D eigenvalue weighted by Crippen LogP contribution is 2.28. The quantitative estimate of drug-likeness (QED) is 0.633. The Labute approximate surface area is 195 Å². The Bertz CT molecular complexity index is 1090. The fourth-order valence-corrected chi connectivity index (χ4v) is 4.23. The molecule has 33 heavy (non-hydrogen) atoms. The molecule has 1 N–H and O–H groups in total. The first-order chi connectivity index (χ1) is 16.1. The number of benzene rings is 3. The standard InChI is InChI=1S/C27H30N4O2/c1-28-26(32)24-14-13-23(19-25(24)29(2)20-21-9-5-3-6-10-21)30-15-17-31(18-16-30)27(33)22-11-7-4-8-12-22/h3-14,19H,15-18,20H2,1-2H3,(H,28,32). The van der Waals surface area contributed by atoms with Gasteiger partial charge in [-0.2, -0.15) is 0 Å². The minimum absolute atomic E-state index is 0.0773. The van der Waals surface area contributed by atoms with Gasteiger partial charge in [-0.3, -0.25) is 9.59 Å². The van der Waals surface area contributed by atoms with E-state index in [0.29, 0.717) is 25.2 Å². The van der Waals surface area contributed by atoms with Gasteiger partial charge in [0.2, 0.25) is 0 Å². The summed E-state index contributed by atoms with van der Waals surface area (Å²) in [5.41, 5.74) is 4.51. The molecule has 6 nitrogen and oxygen atoms in total. The van der Waals surface area contributed by atoms with Crippen LogP contribution in [0.25, 0.3) is 0 Å². The summed E-state index contributed by atoms with van der Waals surface area (Å²) in [7, 11) is 3.66. The molecule has 4 rings (SSSR count). The van der Waals surface area contributed by atoms with Crippen LogP contribution in [0.3, 0.4) is 0 Å². The number of amides is 2. The molecule has 1 heterocycles. The van der Waals surface area contributed by atoms with Crippen molar-refractivity contribution >= 4 is 23.2 Å². The molecule has 0 spiro atoms. The van der Waals surface area contributed by atoms with Gasteiger partial charge in [-0.25, -0.2) is 0 Å². The van der Waals surface area contributed by atoms with E-state index in [0.717, 1.165) is 30.0 Å². The lowest BCUT2D eigenvalue weighted by Gasteiger charge is -2.36. The molecule has 1 fully saturated rings. The summed E-state index contributed by atoms with van der Waals surface area (Å²) < 4.78 is 0. The van der Waals surface area contributed by atoms with E-state index in [1.807, 2.05) is 72.6 Å². The molecule has 0 saturated carbocycles. The highest BCUT2D eigenvalue weighted by atomic mass is 16.2. The molecule has 6 heteroatoms. The number of piperazine rings is 1. The molecule has 0 atom stereocenters. The summed E-state index contributed by atoms with van der Waals surface area (Å²) in [6.07, 6.45) is 0. The van der Waals surface area contributed by atoms with Crippen molar-refractivity contribution in [3.05, 3.63) is 95.6 Å². The third-order valence-electron chi connectivity index (χ3n) is 6.08. The van der Waals surface area contributed by atoms with E-state index in [1.165, 1.54) is 5.56 Å². The molecule has 0 aromatic heterocycles. The molecule has 1 aliphatic heterocycles. The van der Waals surface area contributed by atoms with Crippen molar-refractivity contribution in [1.82, 2.24) is 10.2 Å². The van der Waals surface area contributed by atoms with Crippen LogP contribution in [-0.2, 0) is 6.54 Å². The number of rotatable bonds is 6. The first-order valence-electron chi connectivity index (χ1n) is 11.3. The smallest absolute Gasteiger partial charge is 0.253 e. The number of carbonyl (C=O) groups is 2. The van der Waals surface area contributed by atoms with Gasteiger partial charge in [-0.05, 0) is 35.9 Å². The summed E-state index contributed by atoms with van der Waals surface area (Å²) in [4.78, 5) is 31.6. The predicted molar refractivity (Wildman–Crippen MR) is 133 cm³/mol. The molecule has 0 bridgehead atoms. The van der Waals surface area contributed by atoms with E-state index in [9.17, 15) is 9.59 Å². The van der Waals surface area contributed by atoms with Gasteiger partial charge < -0.3 is 20.0 Å². The van der Waals surface area contributed by atoms with Crippen molar-refractivity contribution in [2.24, 2.45) is 0 Å². The SMILES string of the molecule is CNC(=O)c1ccc(N2CCN(C(=O)c3ccccc3)CC2)cc1N(C)Cc1ccccc1. The summed E-state index contributed by atoms with van der Waals surface area (Å²) >= 11 is 0. The minimum atomic E-state index is -0.102. The van der Waals surface area contributed by atoms with Crippen LogP contribution in [0.15, 0.2) is 78.9 Å². The number of anilines is 2. The van der Waals surface area contributed by atoms with E-state index in [4.69, 9.17) is 0 Å². The number of nitrogens with zero attached hydrogens (tertiary/aromatic N) is 3. The lowest BCUT2D eigenvalue weighted by atomic mass is 10.1. The number of hydrogen-bond donors (Lipinski definition) is 1. The first-order valence-corrected chi connectivity index (χ1v) is 11.3. The monoisotopic (exact) mass is 442 g/mol. The van der Waals surface area contributed by atoms with E-state index in [1.54, 1.807) is 7.05 Å². The molecule has 0 radical (unpaired) electrons. The molecule has 1 saturated heterocycles. The topological polar surface area (TPSA) is 55.9 Å². The second-order valence-electron chi connectivity index (χ2n) is 8.27. The van der Waals surface area contributed by atoms with Crippen LogP contribution in [0.1, 0.15) is 26.3 Å². The normalized spacial score (nSPS) is 13.5. The van der Waals surface area contributed by atoms with Gasteiger partial charge >= 0.3 is 0 Å². The van der Waals surface area contributed by atoms with Crippen LogP contribution >= 0.6 is 0 Å². The third kappa shape index (κ3) is 5.17. The van der Waals surface area contributed by atoms with Crippen LogP contribution in [-0.4, -0.2) is 57.0 Å². The summed E-state index contributed by atoms with van der Waals surface area (Å²) in [6, 6.07) is 25.6. The zero-order valence-corrected chi connectivity index (χ0v) is 19.2. The van der Waals surface area contributed by atoms with Crippen molar-refractivity contribution < 1.29 is 9.59 Å². The van der Waals surface area contributed by atoms with Gasteiger partial charge in [0.1, 0.15) is 0 Å². The average molecular weight is 443 g/mol. The largest absolute Gasteiger partial charge is 0.370 e. The zero-order chi connectivity index (χ0) is 23.2. The molecular weight excluding hydrogens is 412 g/mol. The van der Waals surface area contributed by atoms with Crippen LogP contribution < -0.4 is 15.1 Å². The molecule has 0 unspecified atom stereocenters. The molecule has 2 amide bonds. The van der Waals surface area contributed by atoms with E-state index < -0.39 is 0 Å². The molecule has 1 aliphatic rings. The fraction of sp³-hybridized carbons (Fsp3) is 0.259. The number of hydrogen-bond acceptors (Lipinski definition) is 4. The van der Waals surface area contributed by atoms with E-state index in [-0.39, 0.29) is 11.8 Å². The summed E-state index contributed by atoms with van der Waals surface area (Å²) in [5.74, 6) is -0.0248. The Kier molecular flexibility index (Phi) is 6.93. The van der Waals surface area contributed by atoms with Crippen LogP contribution in [0.2, 0.25) is 0 Å². The van der Waals surface area contributed by atoms with E-state index >= 15 is 0 Å². The Morgan fingerprint density at radius 1 is 0.879 bits per heavy atom. The number of carbonyl (C=O) groups excluding carboxylic acids is 2. The average Bonchev–Trinajstić information content (AvgIpc) is 2.88. The van der Waals surface area contributed by atoms with Gasteiger partial charge in [-0.15, -0.1) is 0 Å². The molecule has 3 aromatic carbocycles. The van der Waals surface area contributed by atoms with Crippen molar-refractivity contribution in [2.75, 3.05) is 50.1 Å². The minimum Gasteiger partial charge on any atom is -0.370 e. The van der Waals surface area contributed by atoms with Crippen molar-refractivity contribution in [1.29, 1.82) is 0 Å². The molecule has 170 valence electrons. The summed E-state index contributed by atoms with van der Waals surface area (Å²) in [6.45, 7) is 3.54. The van der Waals surface area contributed by atoms with Gasteiger partial charge in [0.05, 0.1) is 11.3 Å². The maximum Gasteiger partial charge on any atom is 0.253 e. The predicted octanol–water partition coefficient (Wildman–Crippen LogP) is 3.65. The van der Waals surface area contributed by atoms with Crippen molar-refractivity contribution in [3.8, 4) is 0 Å². The van der Waals surface area contributed by atoms with Gasteiger partial charge in [0.15, 0.2) is 0 Å². The Hall–Kier alpha value is -3.80. The second kappa shape index (κ2) is 10.2. The Balaban J connectivity index is 1.51. The molecule has 3 aromatic rings. The second-order valence-corrected chi connectivity index (χ2v) is 8.27. The zero-order valence-electron chi connectivity index (χ0n) is 19.2. The van der Waals surface area contributed by atoms with Gasteiger partial charge in [0.25, 0.3) is 11.8 Å². The van der Waals surface area contributed by atoms with Crippen molar-refractivity contribution in [3.63, 3.8) is 0 Å². The van der Waals surface area contributed by atoms with Crippen molar-refractivity contribution in [2.45, 2.75) is 6.54 Å².